The highest BCUT2D eigenvalue weighted by Crippen LogP contribution is 2.34. The van der Waals surface area contributed by atoms with E-state index in [1.807, 2.05) is 6.92 Å². The van der Waals surface area contributed by atoms with Gasteiger partial charge in [-0.1, -0.05) is 11.6 Å². The van der Waals surface area contributed by atoms with E-state index < -0.39 is 15.9 Å². The number of carbonyl (C=O) groups is 1. The molecule has 9 nitrogen and oxygen atoms in total. The molecular formula is C18H23ClN4O5S. The molecule has 0 aliphatic heterocycles. The molecule has 11 heteroatoms. The fourth-order valence-electron chi connectivity index (χ4n) is 2.36. The minimum Gasteiger partial charge on any atom is -0.494 e. The third kappa shape index (κ3) is 5.96. The van der Waals surface area contributed by atoms with Gasteiger partial charge in [-0.15, -0.1) is 0 Å². The number of nitrogens with zero attached hydrogens (tertiary/aromatic N) is 2. The monoisotopic (exact) mass is 442 g/mol. The van der Waals surface area contributed by atoms with Crippen molar-refractivity contribution in [2.75, 3.05) is 36.1 Å². The van der Waals surface area contributed by atoms with E-state index in [0.717, 1.165) is 10.6 Å². The number of aromatic nitrogens is 1. The van der Waals surface area contributed by atoms with Crippen LogP contribution in [0.3, 0.4) is 0 Å². The van der Waals surface area contributed by atoms with E-state index in [4.69, 9.17) is 21.2 Å². The quantitative estimate of drug-likeness (QED) is 0.453. The maximum absolute atomic E-state index is 12.4. The number of hydrogen-bond acceptors (Lipinski definition) is 7. The van der Waals surface area contributed by atoms with Gasteiger partial charge in [0.05, 0.1) is 42.1 Å². The Kier molecular flexibility index (Phi) is 7.66. The van der Waals surface area contributed by atoms with Crippen molar-refractivity contribution in [2.45, 2.75) is 13.8 Å². The molecule has 0 spiro atoms. The normalized spacial score (nSPS) is 11.1. The molecule has 0 unspecified atom stereocenters. The van der Waals surface area contributed by atoms with E-state index in [1.165, 1.54) is 19.3 Å². The van der Waals surface area contributed by atoms with Crippen molar-refractivity contribution < 1.29 is 22.8 Å². The van der Waals surface area contributed by atoms with Crippen LogP contribution in [0.1, 0.15) is 24.2 Å². The molecule has 2 N–H and O–H groups in total. The van der Waals surface area contributed by atoms with E-state index in [-0.39, 0.29) is 17.3 Å². The van der Waals surface area contributed by atoms with Crippen molar-refractivity contribution in [1.29, 1.82) is 0 Å². The molecule has 2 aromatic rings. The number of amides is 1. The lowest BCUT2D eigenvalue weighted by Gasteiger charge is -2.22. The lowest BCUT2D eigenvalue weighted by atomic mass is 10.2. The predicted octanol–water partition coefficient (Wildman–Crippen LogP) is 2.95. The minimum atomic E-state index is -3.55. The van der Waals surface area contributed by atoms with Gasteiger partial charge in [0.15, 0.2) is 0 Å². The fourth-order valence-corrected chi connectivity index (χ4v) is 3.03. The average Bonchev–Trinajstić information content (AvgIpc) is 2.66. The Bertz CT molecular complexity index is 984. The van der Waals surface area contributed by atoms with Crippen LogP contribution in [0.4, 0.5) is 17.1 Å². The van der Waals surface area contributed by atoms with Gasteiger partial charge in [-0.05, 0) is 32.0 Å². The number of hydrogen-bond donors (Lipinski definition) is 2. The van der Waals surface area contributed by atoms with Gasteiger partial charge < -0.3 is 10.1 Å². The number of pyridine rings is 1. The Balaban J connectivity index is 2.51. The second-order valence-corrected chi connectivity index (χ2v) is 8.29. The number of benzene rings is 1. The number of carbonyl (C=O) groups excluding carboxylic acids is 1. The van der Waals surface area contributed by atoms with E-state index >= 15 is 0 Å². The summed E-state index contributed by atoms with van der Waals surface area (Å²) >= 11 is 5.99. The number of hydroxylamine groups is 1. The summed E-state index contributed by atoms with van der Waals surface area (Å²) in [4.78, 5) is 21.2. The van der Waals surface area contributed by atoms with Crippen LogP contribution in [-0.4, -0.2) is 45.8 Å². The van der Waals surface area contributed by atoms with Crippen LogP contribution in [0.2, 0.25) is 5.15 Å². The van der Waals surface area contributed by atoms with Crippen molar-refractivity contribution in [3.63, 3.8) is 0 Å². The first-order chi connectivity index (χ1) is 13.7. The molecule has 0 saturated heterocycles. The molecule has 0 aliphatic carbocycles. The molecular weight excluding hydrogens is 420 g/mol. The van der Waals surface area contributed by atoms with E-state index in [0.29, 0.717) is 29.4 Å². The number of ether oxygens (including phenoxy) is 1. The Morgan fingerprint density at radius 2 is 1.93 bits per heavy atom. The van der Waals surface area contributed by atoms with Crippen LogP contribution >= 0.6 is 11.6 Å². The lowest BCUT2D eigenvalue weighted by molar-refractivity contribution is 0.0365. The smallest absolute Gasteiger partial charge is 0.278 e. The summed E-state index contributed by atoms with van der Waals surface area (Å²) in [5, 5.41) is 3.22. The van der Waals surface area contributed by atoms with Crippen LogP contribution in [0.15, 0.2) is 30.5 Å². The summed E-state index contributed by atoms with van der Waals surface area (Å²) in [6.07, 6.45) is 2.39. The largest absolute Gasteiger partial charge is 0.494 e. The molecule has 158 valence electrons. The Hall–Kier alpha value is -2.56. The van der Waals surface area contributed by atoms with Crippen molar-refractivity contribution in [3.8, 4) is 5.75 Å². The Morgan fingerprint density at radius 1 is 1.21 bits per heavy atom. The molecule has 2 rings (SSSR count). The third-order valence-electron chi connectivity index (χ3n) is 3.81. The number of halogens is 1. The molecule has 0 radical (unpaired) electrons. The second kappa shape index (κ2) is 9.77. The zero-order chi connectivity index (χ0) is 21.6. The molecule has 29 heavy (non-hydrogen) atoms. The number of anilines is 3. The maximum Gasteiger partial charge on any atom is 0.278 e. The third-order valence-corrected chi connectivity index (χ3v) is 5.21. The first-order valence-electron chi connectivity index (χ1n) is 8.72. The summed E-state index contributed by atoms with van der Waals surface area (Å²) < 4.78 is 30.8. The molecule has 0 atom stereocenters. The van der Waals surface area contributed by atoms with E-state index in [1.54, 1.807) is 25.1 Å². The summed E-state index contributed by atoms with van der Waals surface area (Å²) in [6.45, 7) is 4.27. The van der Waals surface area contributed by atoms with Gasteiger partial charge in [-0.3, -0.25) is 13.9 Å². The van der Waals surface area contributed by atoms with Crippen molar-refractivity contribution in [1.82, 2.24) is 10.5 Å². The minimum absolute atomic E-state index is 0.157. The van der Waals surface area contributed by atoms with Crippen LogP contribution in [0, 0.1) is 0 Å². The van der Waals surface area contributed by atoms with Gasteiger partial charge in [-0.25, -0.2) is 18.9 Å². The highest BCUT2D eigenvalue weighted by Gasteiger charge is 2.20. The predicted molar refractivity (Wildman–Crippen MR) is 112 cm³/mol. The van der Waals surface area contributed by atoms with Gasteiger partial charge in [0.25, 0.3) is 5.91 Å². The van der Waals surface area contributed by atoms with E-state index in [2.05, 4.69) is 15.8 Å². The van der Waals surface area contributed by atoms with Crippen molar-refractivity contribution in [3.05, 3.63) is 41.2 Å². The van der Waals surface area contributed by atoms with Crippen LogP contribution < -0.4 is 19.8 Å². The Morgan fingerprint density at radius 3 is 2.55 bits per heavy atom. The van der Waals surface area contributed by atoms with Gasteiger partial charge in [0, 0.05) is 19.3 Å². The maximum atomic E-state index is 12.4. The topological polar surface area (TPSA) is 110 Å². The Labute approximate surface area is 175 Å². The van der Waals surface area contributed by atoms with Gasteiger partial charge in [0.1, 0.15) is 10.9 Å². The highest BCUT2D eigenvalue weighted by molar-refractivity contribution is 7.92. The summed E-state index contributed by atoms with van der Waals surface area (Å²) in [7, 11) is -2.12. The van der Waals surface area contributed by atoms with Crippen LogP contribution in [0.25, 0.3) is 0 Å². The summed E-state index contributed by atoms with van der Waals surface area (Å²) in [6, 6.07) is 6.40. The van der Waals surface area contributed by atoms with Crippen LogP contribution in [0.5, 0.6) is 5.75 Å². The fraction of sp³-hybridized carbons (Fsp3) is 0.333. The van der Waals surface area contributed by atoms with E-state index in [9.17, 15) is 13.2 Å². The molecule has 1 heterocycles. The second-order valence-electron chi connectivity index (χ2n) is 5.88. The van der Waals surface area contributed by atoms with Crippen molar-refractivity contribution in [2.24, 2.45) is 0 Å². The summed E-state index contributed by atoms with van der Waals surface area (Å²) in [5.74, 6) is -0.0203. The molecule has 0 aliphatic rings. The molecule has 0 saturated carbocycles. The molecule has 1 aromatic heterocycles. The van der Waals surface area contributed by atoms with Gasteiger partial charge >= 0.3 is 0 Å². The average molecular weight is 443 g/mol. The van der Waals surface area contributed by atoms with Crippen molar-refractivity contribution >= 4 is 44.6 Å². The molecule has 0 fully saturated rings. The zero-order valence-electron chi connectivity index (χ0n) is 16.5. The van der Waals surface area contributed by atoms with Gasteiger partial charge in [0.2, 0.25) is 10.0 Å². The molecule has 1 amide bonds. The number of sulfonamides is 1. The van der Waals surface area contributed by atoms with Crippen LogP contribution in [-0.2, 0) is 14.9 Å². The van der Waals surface area contributed by atoms with Gasteiger partial charge in [-0.2, -0.15) is 0 Å². The first-order valence-corrected chi connectivity index (χ1v) is 11.0. The lowest BCUT2D eigenvalue weighted by Crippen LogP contribution is -2.26. The number of nitrogens with one attached hydrogen (secondary N) is 2. The first kappa shape index (κ1) is 22.7. The SMILES string of the molecule is CCONC(=O)c1cnc(Cl)cc1Nc1ccc(OCC)cc1N(C)S(C)(=O)=O. The highest BCUT2D eigenvalue weighted by atomic mass is 35.5. The summed E-state index contributed by atoms with van der Waals surface area (Å²) in [5.41, 5.74) is 3.55. The zero-order valence-corrected chi connectivity index (χ0v) is 18.1. The standard InChI is InChI=1S/C18H23ClN4O5S/c1-5-27-12-7-8-14(16(9-12)23(3)29(4,25)26)21-15-10-17(19)20-11-13(15)18(24)22-28-6-2/h7-11H,5-6H2,1-4H3,(H,20,21)(H,22,24). The molecule has 0 bridgehead atoms. The number of rotatable bonds is 9. The molecule has 1 aromatic carbocycles.